The Hall–Kier alpha value is -2.57. The van der Waals surface area contributed by atoms with Gasteiger partial charge in [-0.1, -0.05) is 66.7 Å². The van der Waals surface area contributed by atoms with Crippen molar-refractivity contribution in [3.63, 3.8) is 0 Å². The van der Waals surface area contributed by atoms with Crippen LogP contribution in [0.15, 0.2) is 24.5 Å². The molecule has 0 amide bonds. The third kappa shape index (κ3) is 8.13. The minimum Gasteiger partial charge on any atom is -0.480 e. The molecule has 0 aliphatic carbocycles. The molecule has 0 radical (unpaired) electrons. The molecule has 0 aliphatic heterocycles. The molecule has 7 heteroatoms. The van der Waals surface area contributed by atoms with Crippen LogP contribution in [-0.4, -0.2) is 31.8 Å². The fraction of sp³-hybridized carbons (Fsp3) is 0.591. The summed E-state index contributed by atoms with van der Waals surface area (Å²) >= 11 is 0. The first-order chi connectivity index (χ1) is 14.2. The summed E-state index contributed by atoms with van der Waals surface area (Å²) in [7, 11) is 1.58. The molecule has 0 aromatic carbocycles. The lowest BCUT2D eigenvalue weighted by Gasteiger charge is -2.06. The normalized spacial score (nSPS) is 10.0. The molecule has 0 saturated heterocycles. The van der Waals surface area contributed by atoms with Crippen molar-refractivity contribution < 1.29 is 4.74 Å². The lowest BCUT2D eigenvalue weighted by molar-refractivity contribution is 0.397. The van der Waals surface area contributed by atoms with E-state index in [0.717, 1.165) is 29.9 Å². The van der Waals surface area contributed by atoms with Gasteiger partial charge in [0, 0.05) is 18.8 Å². The van der Waals surface area contributed by atoms with E-state index in [1.165, 1.54) is 32.1 Å². The zero-order chi connectivity index (χ0) is 21.5. The quantitative estimate of drug-likeness (QED) is 0.409. The molecule has 7 nitrogen and oxygen atoms in total. The zero-order valence-electron chi connectivity index (χ0n) is 19.0. The highest BCUT2D eigenvalue weighted by molar-refractivity contribution is 5.73. The summed E-state index contributed by atoms with van der Waals surface area (Å²) < 4.78 is 7.21. The van der Waals surface area contributed by atoms with Gasteiger partial charge in [-0.2, -0.15) is 0 Å². The number of aromatic nitrogens is 5. The number of hydrogen-bond donors (Lipinski definition) is 2. The van der Waals surface area contributed by atoms with Crippen LogP contribution in [0.2, 0.25) is 0 Å². The molecule has 3 heterocycles. The van der Waals surface area contributed by atoms with Gasteiger partial charge in [-0.05, 0) is 12.5 Å². The fourth-order valence-corrected chi connectivity index (χ4v) is 2.51. The number of aryl methyl sites for hydroxylation is 1. The Morgan fingerprint density at radius 1 is 1.07 bits per heavy atom. The summed E-state index contributed by atoms with van der Waals surface area (Å²) in [4.78, 5) is 9.12. The highest BCUT2D eigenvalue weighted by Crippen LogP contribution is 2.19. The van der Waals surface area contributed by atoms with Gasteiger partial charge in [0.2, 0.25) is 5.88 Å². The molecule has 0 saturated carbocycles. The van der Waals surface area contributed by atoms with Gasteiger partial charge in [-0.25, -0.2) is 9.97 Å². The van der Waals surface area contributed by atoms with Gasteiger partial charge in [-0.15, -0.1) is 5.10 Å². The van der Waals surface area contributed by atoms with Crippen molar-refractivity contribution >= 4 is 22.8 Å². The minimum absolute atomic E-state index is 0.529. The highest BCUT2D eigenvalue weighted by atomic mass is 16.5. The molecule has 2 N–H and O–H groups in total. The van der Waals surface area contributed by atoms with Crippen LogP contribution in [0.3, 0.4) is 0 Å². The summed E-state index contributed by atoms with van der Waals surface area (Å²) in [5.41, 5.74) is 1.81. The number of aromatic amines is 1. The van der Waals surface area contributed by atoms with Crippen LogP contribution in [0.4, 0.5) is 11.6 Å². The Kier molecular flexibility index (Phi) is 12.2. The predicted octanol–water partition coefficient (Wildman–Crippen LogP) is 6.32. The number of ether oxygens (including phenoxy) is 1. The fourth-order valence-electron chi connectivity index (χ4n) is 2.51. The predicted molar refractivity (Wildman–Crippen MR) is 122 cm³/mol. The average Bonchev–Trinajstić information content (AvgIpc) is 3.39. The van der Waals surface area contributed by atoms with Crippen LogP contribution in [-0.2, 0) is 6.54 Å². The number of hydrogen-bond acceptors (Lipinski definition) is 5. The van der Waals surface area contributed by atoms with Crippen LogP contribution in [0.1, 0.15) is 73.1 Å². The van der Waals surface area contributed by atoms with E-state index in [-0.39, 0.29) is 0 Å². The summed E-state index contributed by atoms with van der Waals surface area (Å²) in [6, 6.07) is 3.78. The number of fused-ring (bicyclic) bond motifs is 1. The maximum atomic E-state index is 5.05. The van der Waals surface area contributed by atoms with E-state index < -0.39 is 0 Å². The lowest BCUT2D eigenvalue weighted by atomic mass is 10.2. The topological polar surface area (TPSA) is 80.6 Å². The third-order valence-corrected chi connectivity index (χ3v) is 4.24. The molecule has 29 heavy (non-hydrogen) atoms. The number of unbranched alkanes of at least 4 members (excludes halogenated alkanes) is 4. The maximum Gasteiger partial charge on any atom is 0.234 e. The van der Waals surface area contributed by atoms with Gasteiger partial charge in [-0.3, -0.25) is 5.10 Å². The van der Waals surface area contributed by atoms with Gasteiger partial charge < -0.3 is 14.6 Å². The third-order valence-electron chi connectivity index (χ3n) is 4.24. The number of methoxy groups -OCH3 is 1. The molecule has 3 aromatic rings. The van der Waals surface area contributed by atoms with Crippen molar-refractivity contribution in [2.75, 3.05) is 12.4 Å². The van der Waals surface area contributed by atoms with Crippen LogP contribution >= 0.6 is 0 Å². The molecule has 0 atom stereocenters. The SMILES string of the molecule is CC.CCCC.CCCCCCn1ccc2ncc(Nc3cc(OC)n[nH]3)nc21. The molecular formula is C22H38N6O. The second kappa shape index (κ2) is 14.4. The monoisotopic (exact) mass is 402 g/mol. The summed E-state index contributed by atoms with van der Waals surface area (Å²) in [6.45, 7) is 11.6. The van der Waals surface area contributed by atoms with Crippen molar-refractivity contribution in [1.29, 1.82) is 0 Å². The molecule has 0 aliphatic rings. The first kappa shape index (κ1) is 24.5. The largest absolute Gasteiger partial charge is 0.480 e. The molecule has 0 fully saturated rings. The minimum atomic E-state index is 0.529. The summed E-state index contributed by atoms with van der Waals surface area (Å²) in [5, 5.41) is 10.0. The molecule has 3 rings (SSSR count). The molecule has 0 spiro atoms. The molecule has 3 aromatic heterocycles. The second-order valence-corrected chi connectivity index (χ2v) is 6.48. The van der Waals surface area contributed by atoms with Crippen molar-refractivity contribution in [2.24, 2.45) is 0 Å². The van der Waals surface area contributed by atoms with Gasteiger partial charge in [0.15, 0.2) is 11.5 Å². The lowest BCUT2D eigenvalue weighted by Crippen LogP contribution is -2.01. The standard InChI is InChI=1S/C16H22N6O.C4H10.C2H6/c1-3-4-5-6-8-22-9-7-12-16(22)19-14(11-17-12)18-13-10-15(23-2)21-20-13;1-3-4-2;1-2/h7,9-11H,3-6,8H2,1-2H3,(H2,18,19,20,21);3-4H2,1-2H3;1-2H3. The Morgan fingerprint density at radius 3 is 2.45 bits per heavy atom. The van der Waals surface area contributed by atoms with E-state index in [2.05, 4.69) is 57.0 Å². The van der Waals surface area contributed by atoms with Crippen LogP contribution < -0.4 is 10.1 Å². The summed E-state index contributed by atoms with van der Waals surface area (Å²) in [6.07, 6.45) is 11.3. The van der Waals surface area contributed by atoms with E-state index >= 15 is 0 Å². The number of H-pyrrole nitrogens is 1. The van der Waals surface area contributed by atoms with E-state index in [9.17, 15) is 0 Å². The number of anilines is 2. The Morgan fingerprint density at radius 2 is 1.83 bits per heavy atom. The average molecular weight is 403 g/mol. The van der Waals surface area contributed by atoms with Crippen LogP contribution in [0.5, 0.6) is 5.88 Å². The van der Waals surface area contributed by atoms with Crippen molar-refractivity contribution in [3.8, 4) is 5.88 Å². The van der Waals surface area contributed by atoms with Gasteiger partial charge in [0.25, 0.3) is 0 Å². The van der Waals surface area contributed by atoms with Gasteiger partial charge >= 0.3 is 0 Å². The Labute approximate surface area is 175 Å². The number of nitrogens with one attached hydrogen (secondary N) is 2. The zero-order valence-corrected chi connectivity index (χ0v) is 19.0. The first-order valence-electron chi connectivity index (χ1n) is 10.9. The maximum absolute atomic E-state index is 5.05. The van der Waals surface area contributed by atoms with Crippen molar-refractivity contribution in [2.45, 2.75) is 79.7 Å². The molecular weight excluding hydrogens is 364 g/mol. The number of nitrogens with zero attached hydrogens (tertiary/aromatic N) is 4. The molecule has 0 unspecified atom stereocenters. The van der Waals surface area contributed by atoms with E-state index in [4.69, 9.17) is 4.74 Å². The highest BCUT2D eigenvalue weighted by Gasteiger charge is 2.07. The first-order valence-corrected chi connectivity index (χ1v) is 10.9. The van der Waals surface area contributed by atoms with Gasteiger partial charge in [0.05, 0.1) is 13.3 Å². The van der Waals surface area contributed by atoms with Crippen molar-refractivity contribution in [1.82, 2.24) is 24.7 Å². The molecule has 0 bridgehead atoms. The van der Waals surface area contributed by atoms with Crippen molar-refractivity contribution in [3.05, 3.63) is 24.5 Å². The Balaban J connectivity index is 0.000000627. The van der Waals surface area contributed by atoms with E-state index in [1.54, 1.807) is 19.4 Å². The van der Waals surface area contributed by atoms with Crippen LogP contribution in [0.25, 0.3) is 11.2 Å². The smallest absolute Gasteiger partial charge is 0.234 e. The van der Waals surface area contributed by atoms with E-state index in [1.807, 2.05) is 19.9 Å². The van der Waals surface area contributed by atoms with Crippen LogP contribution in [0, 0.1) is 0 Å². The number of rotatable bonds is 9. The van der Waals surface area contributed by atoms with E-state index in [0.29, 0.717) is 11.7 Å². The second-order valence-electron chi connectivity index (χ2n) is 6.48. The summed E-state index contributed by atoms with van der Waals surface area (Å²) in [5.74, 6) is 1.93. The molecule has 162 valence electrons. The van der Waals surface area contributed by atoms with Gasteiger partial charge in [0.1, 0.15) is 11.3 Å². The Bertz CT molecular complexity index is 794.